The number of hydrogen-bond acceptors (Lipinski definition) is 11. The maximum Gasteiger partial charge on any atom is 0.490 e. The van der Waals surface area contributed by atoms with Crippen LogP contribution in [-0.2, 0) is 31.6 Å². The van der Waals surface area contributed by atoms with Crippen LogP contribution in [0.4, 0.5) is 5.82 Å². The van der Waals surface area contributed by atoms with E-state index >= 15 is 0 Å². The zero-order valence-corrected chi connectivity index (χ0v) is 17.3. The SMILES string of the molecule is C#Cc1cn([C@H]2CC(O)[C@@H](COP(=O)(O)OP(=O)(O)OP(=O)(O)O)O2)c(=O)nc1N. The first-order valence-electron chi connectivity index (χ1n) is 7.59. The predicted molar refractivity (Wildman–Crippen MR) is 95.2 cm³/mol. The van der Waals surface area contributed by atoms with Gasteiger partial charge in [0.2, 0.25) is 0 Å². The van der Waals surface area contributed by atoms with Crippen LogP contribution in [0, 0.1) is 12.3 Å². The molecule has 0 radical (unpaired) electrons. The van der Waals surface area contributed by atoms with Gasteiger partial charge in [-0.25, -0.2) is 18.5 Å². The highest BCUT2D eigenvalue weighted by molar-refractivity contribution is 7.66. The fourth-order valence-electron chi connectivity index (χ4n) is 2.31. The normalized spacial score (nSPS) is 25.9. The molecule has 1 aromatic rings. The molecule has 0 aromatic carbocycles. The molecule has 1 aliphatic rings. The molecule has 30 heavy (non-hydrogen) atoms. The van der Waals surface area contributed by atoms with Gasteiger partial charge >= 0.3 is 29.2 Å². The molecule has 5 atom stereocenters. The topological polar surface area (TPSA) is 250 Å². The van der Waals surface area contributed by atoms with Gasteiger partial charge in [0.25, 0.3) is 0 Å². The molecule has 0 aliphatic carbocycles. The van der Waals surface area contributed by atoms with Gasteiger partial charge in [-0.3, -0.25) is 9.09 Å². The molecule has 0 amide bonds. The van der Waals surface area contributed by atoms with Gasteiger partial charge < -0.3 is 35.2 Å². The second kappa shape index (κ2) is 8.97. The Morgan fingerprint density at radius 1 is 1.27 bits per heavy atom. The zero-order chi connectivity index (χ0) is 22.9. The van der Waals surface area contributed by atoms with Crippen LogP contribution in [0.1, 0.15) is 18.2 Å². The van der Waals surface area contributed by atoms with Gasteiger partial charge in [-0.15, -0.1) is 6.42 Å². The van der Waals surface area contributed by atoms with E-state index in [0.717, 1.165) is 10.8 Å². The van der Waals surface area contributed by atoms with Gasteiger partial charge in [-0.2, -0.15) is 13.6 Å². The number of rotatable bonds is 8. The lowest BCUT2D eigenvalue weighted by Crippen LogP contribution is -2.29. The largest absolute Gasteiger partial charge is 0.490 e. The van der Waals surface area contributed by atoms with Crippen molar-refractivity contribution in [3.8, 4) is 12.3 Å². The van der Waals surface area contributed by atoms with Crippen molar-refractivity contribution >= 4 is 29.3 Å². The number of nitrogen functional groups attached to an aromatic ring is 1. The van der Waals surface area contributed by atoms with Crippen molar-refractivity contribution in [2.45, 2.75) is 24.9 Å². The summed E-state index contributed by atoms with van der Waals surface area (Å²) in [5, 5.41) is 10.0. The highest BCUT2D eigenvalue weighted by Gasteiger charge is 2.43. The van der Waals surface area contributed by atoms with Gasteiger partial charge in [-0.05, 0) is 0 Å². The van der Waals surface area contributed by atoms with Gasteiger partial charge in [0, 0.05) is 12.6 Å². The Labute approximate surface area is 167 Å². The fraction of sp³-hybridized carbons (Fsp3) is 0.455. The molecule has 16 nitrogen and oxygen atoms in total. The third-order valence-electron chi connectivity index (χ3n) is 3.47. The van der Waals surface area contributed by atoms with Crippen LogP contribution in [0.3, 0.4) is 0 Å². The monoisotopic (exact) mass is 491 g/mol. The number of nitrogens with two attached hydrogens (primary N) is 1. The Bertz CT molecular complexity index is 1040. The van der Waals surface area contributed by atoms with E-state index in [9.17, 15) is 28.5 Å². The molecule has 1 aromatic heterocycles. The molecule has 168 valence electrons. The molecule has 3 unspecified atom stereocenters. The minimum absolute atomic E-state index is 0.0735. The zero-order valence-electron chi connectivity index (χ0n) is 14.6. The highest BCUT2D eigenvalue weighted by Crippen LogP contribution is 2.66. The molecule has 7 N–H and O–H groups in total. The molecular formula is C11H16N3O13P3. The molecule has 0 spiro atoms. The van der Waals surface area contributed by atoms with E-state index in [1.807, 2.05) is 0 Å². The first kappa shape index (κ1) is 24.8. The number of phosphoric ester groups is 1. The number of phosphoric acid groups is 3. The Morgan fingerprint density at radius 3 is 2.47 bits per heavy atom. The Balaban J connectivity index is 2.05. The van der Waals surface area contributed by atoms with Crippen LogP contribution >= 0.6 is 23.5 Å². The van der Waals surface area contributed by atoms with Crippen molar-refractivity contribution in [3.05, 3.63) is 22.2 Å². The van der Waals surface area contributed by atoms with Crippen LogP contribution < -0.4 is 11.4 Å². The summed E-state index contributed by atoms with van der Waals surface area (Å²) in [5.41, 5.74) is 4.71. The van der Waals surface area contributed by atoms with Crippen LogP contribution in [-0.4, -0.2) is 53.0 Å². The second-order valence-electron chi connectivity index (χ2n) is 5.69. The lowest BCUT2D eigenvalue weighted by Gasteiger charge is -2.19. The highest BCUT2D eigenvalue weighted by atomic mass is 31.3. The number of ether oxygens (including phenoxy) is 1. The molecule has 19 heteroatoms. The van der Waals surface area contributed by atoms with Gasteiger partial charge in [-0.1, -0.05) is 5.92 Å². The summed E-state index contributed by atoms with van der Waals surface area (Å²) in [6.45, 7) is -0.888. The first-order chi connectivity index (χ1) is 13.6. The lowest BCUT2D eigenvalue weighted by atomic mass is 10.2. The van der Waals surface area contributed by atoms with E-state index in [-0.39, 0.29) is 17.8 Å². The number of aliphatic hydroxyl groups is 1. The van der Waals surface area contributed by atoms with Gasteiger partial charge in [0.15, 0.2) is 0 Å². The van der Waals surface area contributed by atoms with Crippen molar-refractivity contribution in [3.63, 3.8) is 0 Å². The maximum absolute atomic E-state index is 12.0. The number of terminal acetylenes is 1. The molecule has 1 aliphatic heterocycles. The van der Waals surface area contributed by atoms with Crippen LogP contribution in [0.2, 0.25) is 0 Å². The van der Waals surface area contributed by atoms with Gasteiger partial charge in [0.1, 0.15) is 18.1 Å². The summed E-state index contributed by atoms with van der Waals surface area (Å²) in [5.74, 6) is 2.00. The van der Waals surface area contributed by atoms with Crippen molar-refractivity contribution in [2.24, 2.45) is 0 Å². The minimum atomic E-state index is -5.68. The summed E-state index contributed by atoms with van der Waals surface area (Å²) in [7, 11) is -16.6. The molecule has 2 heterocycles. The summed E-state index contributed by atoms with van der Waals surface area (Å²) in [4.78, 5) is 50.9. The van der Waals surface area contributed by atoms with Crippen molar-refractivity contribution in [1.82, 2.24) is 9.55 Å². The average Bonchev–Trinajstić information content (AvgIpc) is 2.90. The molecule has 1 fully saturated rings. The van der Waals surface area contributed by atoms with E-state index in [0.29, 0.717) is 0 Å². The third-order valence-corrected chi connectivity index (χ3v) is 7.27. The fourth-order valence-corrected chi connectivity index (χ4v) is 5.34. The van der Waals surface area contributed by atoms with Crippen LogP contribution in [0.15, 0.2) is 11.0 Å². The average molecular weight is 491 g/mol. The summed E-state index contributed by atoms with van der Waals surface area (Å²) < 4.78 is 51.3. The van der Waals surface area contributed by atoms with Crippen molar-refractivity contribution < 1.29 is 56.3 Å². The summed E-state index contributed by atoms with van der Waals surface area (Å²) in [6.07, 6.45) is 2.44. The maximum atomic E-state index is 12.0. The second-order valence-corrected chi connectivity index (χ2v) is 10.1. The van der Waals surface area contributed by atoms with E-state index in [2.05, 4.69) is 24.0 Å². The molecule has 0 saturated carbocycles. The van der Waals surface area contributed by atoms with E-state index in [4.69, 9.17) is 31.6 Å². The molecule has 0 bridgehead atoms. The molecule has 1 saturated heterocycles. The van der Waals surface area contributed by atoms with Gasteiger partial charge in [0.05, 0.1) is 18.3 Å². The Hall–Kier alpha value is -1.43. The van der Waals surface area contributed by atoms with Crippen LogP contribution in [0.25, 0.3) is 0 Å². The number of hydrogen-bond donors (Lipinski definition) is 6. The quantitative estimate of drug-likeness (QED) is 0.184. The minimum Gasteiger partial charge on any atom is -0.390 e. The van der Waals surface area contributed by atoms with Crippen molar-refractivity contribution in [2.75, 3.05) is 12.3 Å². The smallest absolute Gasteiger partial charge is 0.390 e. The first-order valence-corrected chi connectivity index (χ1v) is 12.1. The molecule has 2 rings (SSSR count). The van der Waals surface area contributed by atoms with E-state index in [1.165, 1.54) is 0 Å². The standard InChI is InChI=1S/C11H16N3O13P3/c1-2-6-4-14(11(16)13-10(6)12)9-3-7(15)8(25-9)5-24-29(20,21)27-30(22,23)26-28(17,18)19/h1,4,7-9,15H,3,5H2,(H,20,21)(H,22,23)(H2,12,13,16)(H2,17,18,19)/t7?,8-,9-/m1/s1. The van der Waals surface area contributed by atoms with Crippen molar-refractivity contribution in [1.29, 1.82) is 0 Å². The number of aliphatic hydroxyl groups excluding tert-OH is 1. The Kier molecular flexibility index (Phi) is 7.43. The number of aromatic nitrogens is 2. The number of nitrogens with zero attached hydrogens (tertiary/aromatic N) is 2. The number of anilines is 1. The predicted octanol–water partition coefficient (Wildman–Crippen LogP) is -1.20. The molecular weight excluding hydrogens is 475 g/mol. The van der Waals surface area contributed by atoms with Crippen LogP contribution in [0.5, 0.6) is 0 Å². The summed E-state index contributed by atoms with van der Waals surface area (Å²) >= 11 is 0. The lowest BCUT2D eigenvalue weighted by molar-refractivity contribution is -0.0449. The van der Waals surface area contributed by atoms with E-state index in [1.54, 1.807) is 0 Å². The third kappa shape index (κ3) is 6.79. The summed E-state index contributed by atoms with van der Waals surface area (Å²) in [6, 6.07) is 0. The van der Waals surface area contributed by atoms with E-state index < -0.39 is 54.2 Å². The Morgan fingerprint density at radius 2 is 1.90 bits per heavy atom.